The summed E-state index contributed by atoms with van der Waals surface area (Å²) in [4.78, 5) is 31.2. The zero-order chi connectivity index (χ0) is 19.5. The summed E-state index contributed by atoms with van der Waals surface area (Å²) in [6, 6.07) is 17.1. The van der Waals surface area contributed by atoms with E-state index >= 15 is 0 Å². The Bertz CT molecular complexity index is 1030. The number of rotatable bonds is 5. The van der Waals surface area contributed by atoms with E-state index in [-0.39, 0.29) is 24.2 Å². The number of nitrogens with zero attached hydrogens (tertiary/aromatic N) is 2. The van der Waals surface area contributed by atoms with E-state index in [4.69, 9.17) is 4.74 Å². The van der Waals surface area contributed by atoms with Crippen molar-refractivity contribution in [3.05, 3.63) is 66.4 Å². The zero-order valence-electron chi connectivity index (χ0n) is 15.6. The number of amides is 2. The number of hydrogen-bond donors (Lipinski definition) is 1. The van der Waals surface area contributed by atoms with Gasteiger partial charge < -0.3 is 15.0 Å². The van der Waals surface area contributed by atoms with Crippen LogP contribution in [0.4, 0.5) is 5.69 Å². The summed E-state index contributed by atoms with van der Waals surface area (Å²) < 4.78 is 5.35. The van der Waals surface area contributed by atoms with Crippen LogP contribution in [0.25, 0.3) is 10.9 Å². The van der Waals surface area contributed by atoms with E-state index in [1.54, 1.807) is 18.2 Å². The van der Waals surface area contributed by atoms with Crippen molar-refractivity contribution in [2.75, 3.05) is 18.6 Å². The van der Waals surface area contributed by atoms with Gasteiger partial charge in [0.1, 0.15) is 5.75 Å². The second-order valence-corrected chi connectivity index (χ2v) is 6.78. The molecule has 142 valence electrons. The van der Waals surface area contributed by atoms with Crippen molar-refractivity contribution in [3.63, 3.8) is 0 Å². The minimum atomic E-state index is -0.384. The van der Waals surface area contributed by atoms with Crippen molar-refractivity contribution in [2.24, 2.45) is 5.92 Å². The van der Waals surface area contributed by atoms with Crippen LogP contribution in [0.3, 0.4) is 0 Å². The number of aromatic nitrogens is 1. The van der Waals surface area contributed by atoms with Crippen molar-refractivity contribution < 1.29 is 14.3 Å². The van der Waals surface area contributed by atoms with Gasteiger partial charge in [0.15, 0.2) is 0 Å². The molecule has 0 saturated carbocycles. The van der Waals surface area contributed by atoms with Gasteiger partial charge >= 0.3 is 0 Å². The molecule has 1 aromatic heterocycles. The number of hydrogen-bond acceptors (Lipinski definition) is 4. The molecule has 1 atom stereocenters. The van der Waals surface area contributed by atoms with Crippen molar-refractivity contribution in [2.45, 2.75) is 13.0 Å². The van der Waals surface area contributed by atoms with Crippen LogP contribution in [0.5, 0.6) is 5.75 Å². The summed E-state index contributed by atoms with van der Waals surface area (Å²) in [5.41, 5.74) is 2.60. The van der Waals surface area contributed by atoms with Crippen LogP contribution in [0, 0.1) is 5.92 Å². The van der Waals surface area contributed by atoms with Crippen LogP contribution >= 0.6 is 0 Å². The van der Waals surface area contributed by atoms with Crippen molar-refractivity contribution in [3.8, 4) is 5.75 Å². The summed E-state index contributed by atoms with van der Waals surface area (Å²) in [5.74, 6) is 0.0522. The Labute approximate surface area is 163 Å². The lowest BCUT2D eigenvalue weighted by Crippen LogP contribution is -2.32. The lowest BCUT2D eigenvalue weighted by molar-refractivity contribution is -0.126. The van der Waals surface area contributed by atoms with E-state index in [2.05, 4.69) is 10.3 Å². The smallest absolute Gasteiger partial charge is 0.227 e. The first-order chi connectivity index (χ1) is 13.7. The van der Waals surface area contributed by atoms with Crippen molar-refractivity contribution >= 4 is 28.4 Å². The van der Waals surface area contributed by atoms with Gasteiger partial charge in [0.05, 0.1) is 24.2 Å². The molecule has 28 heavy (non-hydrogen) atoms. The maximum Gasteiger partial charge on any atom is 0.227 e. The highest BCUT2D eigenvalue weighted by atomic mass is 16.5. The minimum absolute atomic E-state index is 0.0704. The standard InChI is InChI=1S/C22H21N3O3/c1-28-20-9-5-4-8-19(20)25-14-16(12-21(25)26)22(27)24-13-15-10-11-23-18-7-3-2-6-17(15)18/h2-11,16H,12-14H2,1H3,(H,24,27). The van der Waals surface area contributed by atoms with Gasteiger partial charge in [0.25, 0.3) is 0 Å². The Morgan fingerprint density at radius 1 is 1.18 bits per heavy atom. The fourth-order valence-electron chi connectivity index (χ4n) is 3.60. The number of methoxy groups -OCH3 is 1. The SMILES string of the molecule is COc1ccccc1N1CC(C(=O)NCc2ccnc3ccccc23)CC1=O. The third kappa shape index (κ3) is 3.41. The largest absolute Gasteiger partial charge is 0.495 e. The Balaban J connectivity index is 1.45. The molecule has 1 saturated heterocycles. The van der Waals surface area contributed by atoms with Gasteiger partial charge in [-0.2, -0.15) is 0 Å². The van der Waals surface area contributed by atoms with Crippen molar-refractivity contribution in [1.29, 1.82) is 0 Å². The van der Waals surface area contributed by atoms with Gasteiger partial charge in [-0.15, -0.1) is 0 Å². The number of benzene rings is 2. The molecule has 1 aliphatic rings. The molecule has 2 heterocycles. The molecule has 0 aliphatic carbocycles. The lowest BCUT2D eigenvalue weighted by Gasteiger charge is -2.19. The molecule has 0 radical (unpaired) electrons. The number of carbonyl (C=O) groups is 2. The lowest BCUT2D eigenvalue weighted by atomic mass is 10.1. The fourth-order valence-corrected chi connectivity index (χ4v) is 3.60. The maximum absolute atomic E-state index is 12.7. The van der Waals surface area contributed by atoms with E-state index in [0.717, 1.165) is 16.5 Å². The zero-order valence-corrected chi connectivity index (χ0v) is 15.6. The van der Waals surface area contributed by atoms with Crippen LogP contribution in [-0.2, 0) is 16.1 Å². The van der Waals surface area contributed by atoms with Crippen LogP contribution < -0.4 is 15.0 Å². The fraction of sp³-hybridized carbons (Fsp3) is 0.227. The third-order valence-corrected chi connectivity index (χ3v) is 5.06. The molecule has 2 amide bonds. The maximum atomic E-state index is 12.7. The van der Waals surface area contributed by atoms with E-state index in [1.165, 1.54) is 0 Å². The number of pyridine rings is 1. The van der Waals surface area contributed by atoms with Crippen LogP contribution in [0.1, 0.15) is 12.0 Å². The average Bonchev–Trinajstić information content (AvgIpc) is 3.13. The van der Waals surface area contributed by atoms with Gasteiger partial charge in [0, 0.05) is 31.1 Å². The molecule has 6 nitrogen and oxygen atoms in total. The first-order valence-electron chi connectivity index (χ1n) is 9.21. The predicted octanol–water partition coefficient (Wildman–Crippen LogP) is 2.91. The molecule has 3 aromatic rings. The van der Waals surface area contributed by atoms with Crippen LogP contribution in [0.2, 0.25) is 0 Å². The second kappa shape index (κ2) is 7.68. The third-order valence-electron chi connectivity index (χ3n) is 5.06. The number of ether oxygens (including phenoxy) is 1. The molecule has 1 fully saturated rings. The molecular formula is C22H21N3O3. The number of anilines is 1. The molecule has 0 bridgehead atoms. The molecule has 4 rings (SSSR count). The Morgan fingerprint density at radius 3 is 2.82 bits per heavy atom. The summed E-state index contributed by atoms with van der Waals surface area (Å²) in [6.07, 6.45) is 1.94. The van der Waals surface area contributed by atoms with Gasteiger partial charge in [0.2, 0.25) is 11.8 Å². The summed E-state index contributed by atoms with van der Waals surface area (Å²) >= 11 is 0. The molecule has 2 aromatic carbocycles. The molecular weight excluding hydrogens is 354 g/mol. The van der Waals surface area contributed by atoms with E-state index < -0.39 is 0 Å². The van der Waals surface area contributed by atoms with E-state index in [9.17, 15) is 9.59 Å². The minimum Gasteiger partial charge on any atom is -0.495 e. The normalized spacial score (nSPS) is 16.4. The molecule has 1 unspecified atom stereocenters. The number of para-hydroxylation sites is 3. The van der Waals surface area contributed by atoms with Gasteiger partial charge in [-0.3, -0.25) is 14.6 Å². The first-order valence-corrected chi connectivity index (χ1v) is 9.21. The number of carbonyl (C=O) groups excluding carboxylic acids is 2. The first kappa shape index (κ1) is 18.0. The summed E-state index contributed by atoms with van der Waals surface area (Å²) in [5, 5.41) is 3.99. The highest BCUT2D eigenvalue weighted by Gasteiger charge is 2.36. The Morgan fingerprint density at radius 2 is 1.96 bits per heavy atom. The van der Waals surface area contributed by atoms with Gasteiger partial charge in [-0.25, -0.2) is 0 Å². The summed E-state index contributed by atoms with van der Waals surface area (Å²) in [6.45, 7) is 0.753. The highest BCUT2D eigenvalue weighted by molar-refractivity contribution is 6.01. The molecule has 0 spiro atoms. The quantitative estimate of drug-likeness (QED) is 0.744. The van der Waals surface area contributed by atoms with Crippen LogP contribution in [0.15, 0.2) is 60.8 Å². The van der Waals surface area contributed by atoms with Gasteiger partial charge in [-0.05, 0) is 29.8 Å². The van der Waals surface area contributed by atoms with Gasteiger partial charge in [-0.1, -0.05) is 30.3 Å². The molecule has 1 N–H and O–H groups in total. The predicted molar refractivity (Wildman–Crippen MR) is 107 cm³/mol. The molecule has 6 heteroatoms. The van der Waals surface area contributed by atoms with Crippen molar-refractivity contribution in [1.82, 2.24) is 10.3 Å². The number of fused-ring (bicyclic) bond motifs is 1. The monoisotopic (exact) mass is 375 g/mol. The van der Waals surface area contributed by atoms with E-state index in [0.29, 0.717) is 24.5 Å². The topological polar surface area (TPSA) is 71.5 Å². The Kier molecular flexibility index (Phi) is 4.93. The van der Waals surface area contributed by atoms with Crippen LogP contribution in [-0.4, -0.2) is 30.5 Å². The average molecular weight is 375 g/mol. The molecule has 1 aliphatic heterocycles. The second-order valence-electron chi connectivity index (χ2n) is 6.78. The summed E-state index contributed by atoms with van der Waals surface area (Å²) in [7, 11) is 1.57. The van der Waals surface area contributed by atoms with E-state index in [1.807, 2.05) is 54.6 Å². The highest BCUT2D eigenvalue weighted by Crippen LogP contribution is 2.32. The Hall–Kier alpha value is -3.41. The number of nitrogens with one attached hydrogen (secondary N) is 1.